The van der Waals surface area contributed by atoms with E-state index < -0.39 is 28.5 Å². The third-order valence-electron chi connectivity index (χ3n) is 6.92. The molecule has 0 saturated carbocycles. The summed E-state index contributed by atoms with van der Waals surface area (Å²) in [5, 5.41) is 3.12. The Balaban J connectivity index is 1.81. The zero-order valence-electron chi connectivity index (χ0n) is 23.8. The number of aryl methyl sites for hydroxylation is 2. The molecule has 1 atom stereocenters. The van der Waals surface area contributed by atoms with E-state index in [2.05, 4.69) is 5.32 Å². The van der Waals surface area contributed by atoms with Gasteiger partial charge in [0.1, 0.15) is 12.6 Å². The van der Waals surface area contributed by atoms with Gasteiger partial charge in [0.25, 0.3) is 10.0 Å². The molecular weight excluding hydrogens is 570 g/mol. The first-order chi connectivity index (χ1) is 20.1. The number of sulfonamides is 1. The first kappa shape index (κ1) is 30.8. The molecule has 4 aromatic carbocycles. The third-order valence-corrected chi connectivity index (χ3v) is 9.08. The maximum atomic E-state index is 14.3. The second-order valence-corrected chi connectivity index (χ2v) is 12.4. The van der Waals surface area contributed by atoms with Crippen LogP contribution in [0.25, 0.3) is 0 Å². The molecule has 0 spiro atoms. The second kappa shape index (κ2) is 13.7. The summed E-state index contributed by atoms with van der Waals surface area (Å²) < 4.78 is 29.2. The zero-order chi connectivity index (χ0) is 30.3. The highest BCUT2D eigenvalue weighted by atomic mass is 35.5. The van der Waals surface area contributed by atoms with Gasteiger partial charge >= 0.3 is 0 Å². The summed E-state index contributed by atoms with van der Waals surface area (Å²) in [7, 11) is -2.63. The number of nitrogens with zero attached hydrogens (tertiary/aromatic N) is 2. The average Bonchev–Trinajstić information content (AvgIpc) is 2.98. The molecule has 9 heteroatoms. The largest absolute Gasteiger partial charge is 0.357 e. The van der Waals surface area contributed by atoms with Gasteiger partial charge in [0.2, 0.25) is 11.8 Å². The van der Waals surface area contributed by atoms with Gasteiger partial charge in [-0.05, 0) is 66.4 Å². The maximum Gasteiger partial charge on any atom is 0.264 e. The highest BCUT2D eigenvalue weighted by Crippen LogP contribution is 2.27. The number of nitrogens with one attached hydrogen (secondary N) is 1. The highest BCUT2D eigenvalue weighted by molar-refractivity contribution is 7.92. The van der Waals surface area contributed by atoms with Crippen LogP contribution in [0.4, 0.5) is 5.69 Å². The van der Waals surface area contributed by atoms with Crippen LogP contribution in [0.5, 0.6) is 0 Å². The van der Waals surface area contributed by atoms with Gasteiger partial charge < -0.3 is 10.2 Å². The monoisotopic (exact) mass is 603 g/mol. The Bertz CT molecular complexity index is 1630. The Morgan fingerprint density at radius 3 is 2.00 bits per heavy atom. The quantitative estimate of drug-likeness (QED) is 0.244. The lowest BCUT2D eigenvalue weighted by Gasteiger charge is -2.34. The molecule has 0 aliphatic carbocycles. The molecule has 42 heavy (non-hydrogen) atoms. The summed E-state index contributed by atoms with van der Waals surface area (Å²) in [6, 6.07) is 28.9. The van der Waals surface area contributed by atoms with Gasteiger partial charge in [0.05, 0.1) is 10.6 Å². The molecule has 4 aromatic rings. The molecule has 2 amide bonds. The molecule has 0 bridgehead atoms. The number of anilines is 1. The van der Waals surface area contributed by atoms with Crippen molar-refractivity contribution >= 4 is 39.1 Å². The fraction of sp³-hybridized carbons (Fsp3) is 0.212. The smallest absolute Gasteiger partial charge is 0.264 e. The number of carbonyl (C=O) groups excluding carboxylic acids is 2. The summed E-state index contributed by atoms with van der Waals surface area (Å²) in [5.41, 5.74) is 3.56. The van der Waals surface area contributed by atoms with Gasteiger partial charge in [-0.3, -0.25) is 13.9 Å². The highest BCUT2D eigenvalue weighted by Gasteiger charge is 2.34. The van der Waals surface area contributed by atoms with E-state index in [0.717, 1.165) is 21.0 Å². The number of halogens is 1. The Morgan fingerprint density at radius 1 is 0.833 bits per heavy atom. The van der Waals surface area contributed by atoms with Crippen molar-refractivity contribution in [3.8, 4) is 0 Å². The van der Waals surface area contributed by atoms with Gasteiger partial charge in [0, 0.05) is 25.0 Å². The lowest BCUT2D eigenvalue weighted by atomic mass is 10.0. The molecular formula is C33H34ClN3O4S. The van der Waals surface area contributed by atoms with Crippen molar-refractivity contribution in [2.45, 2.75) is 37.8 Å². The van der Waals surface area contributed by atoms with Gasteiger partial charge in [-0.25, -0.2) is 8.42 Å². The van der Waals surface area contributed by atoms with Crippen molar-refractivity contribution in [2.24, 2.45) is 0 Å². The van der Waals surface area contributed by atoms with Crippen molar-refractivity contribution in [3.05, 3.63) is 130 Å². The van der Waals surface area contributed by atoms with Gasteiger partial charge in [-0.2, -0.15) is 0 Å². The van der Waals surface area contributed by atoms with Crippen LogP contribution in [0.3, 0.4) is 0 Å². The van der Waals surface area contributed by atoms with Gasteiger partial charge in [-0.15, -0.1) is 0 Å². The molecule has 0 aliphatic heterocycles. The van der Waals surface area contributed by atoms with Crippen molar-refractivity contribution in [1.29, 1.82) is 0 Å². The summed E-state index contributed by atoms with van der Waals surface area (Å²) in [4.78, 5) is 29.1. The summed E-state index contributed by atoms with van der Waals surface area (Å²) >= 11 is 6.50. The molecule has 0 aliphatic rings. The minimum Gasteiger partial charge on any atom is -0.357 e. The third kappa shape index (κ3) is 7.38. The van der Waals surface area contributed by atoms with Crippen LogP contribution in [0, 0.1) is 13.8 Å². The predicted molar refractivity (Wildman–Crippen MR) is 167 cm³/mol. The van der Waals surface area contributed by atoms with E-state index >= 15 is 0 Å². The SMILES string of the molecule is CNC(=O)[C@H](Cc1ccccc1)N(Cc1ccccc1Cl)C(=O)CN(c1cc(C)cc(C)c1)S(=O)(=O)c1ccccc1. The molecule has 4 rings (SSSR count). The van der Waals surface area contributed by atoms with E-state index in [0.29, 0.717) is 16.3 Å². The Labute approximate surface area is 252 Å². The van der Waals surface area contributed by atoms with Crippen molar-refractivity contribution in [2.75, 3.05) is 17.9 Å². The summed E-state index contributed by atoms with van der Waals surface area (Å²) in [5.74, 6) is -0.916. The molecule has 1 N–H and O–H groups in total. The Kier molecular flexibility index (Phi) is 10.0. The fourth-order valence-corrected chi connectivity index (χ4v) is 6.49. The number of rotatable bonds is 11. The molecule has 0 fully saturated rings. The second-order valence-electron chi connectivity index (χ2n) is 10.1. The number of benzene rings is 4. The molecule has 0 aromatic heterocycles. The van der Waals surface area contributed by atoms with Crippen LogP contribution in [-0.4, -0.2) is 44.8 Å². The van der Waals surface area contributed by atoms with E-state index in [1.807, 2.05) is 50.2 Å². The van der Waals surface area contributed by atoms with E-state index in [1.165, 1.54) is 24.1 Å². The van der Waals surface area contributed by atoms with E-state index in [9.17, 15) is 18.0 Å². The summed E-state index contributed by atoms with van der Waals surface area (Å²) in [6.45, 7) is 3.23. The number of likely N-dealkylation sites (N-methyl/N-ethyl adjacent to an activating group) is 1. The molecule has 0 heterocycles. The minimum atomic E-state index is -4.15. The lowest BCUT2D eigenvalue weighted by Crippen LogP contribution is -2.53. The number of hydrogen-bond acceptors (Lipinski definition) is 4. The molecule has 0 saturated heterocycles. The number of amides is 2. The van der Waals surface area contributed by atoms with E-state index in [-0.39, 0.29) is 23.8 Å². The topological polar surface area (TPSA) is 86.8 Å². The van der Waals surface area contributed by atoms with Crippen LogP contribution >= 0.6 is 11.6 Å². The van der Waals surface area contributed by atoms with Crippen molar-refractivity contribution < 1.29 is 18.0 Å². The van der Waals surface area contributed by atoms with E-state index in [4.69, 9.17) is 11.6 Å². The fourth-order valence-electron chi connectivity index (χ4n) is 4.87. The Hall–Kier alpha value is -4.14. The van der Waals surface area contributed by atoms with Crippen LogP contribution < -0.4 is 9.62 Å². The van der Waals surface area contributed by atoms with Crippen LogP contribution in [0.15, 0.2) is 108 Å². The maximum absolute atomic E-state index is 14.3. The van der Waals surface area contributed by atoms with Crippen molar-refractivity contribution in [3.63, 3.8) is 0 Å². The van der Waals surface area contributed by atoms with Crippen LogP contribution in [0.1, 0.15) is 22.3 Å². The van der Waals surface area contributed by atoms with E-state index in [1.54, 1.807) is 54.6 Å². The predicted octanol–water partition coefficient (Wildman–Crippen LogP) is 5.54. The molecule has 0 radical (unpaired) electrons. The van der Waals surface area contributed by atoms with Crippen LogP contribution in [-0.2, 0) is 32.6 Å². The minimum absolute atomic E-state index is 0.00942. The van der Waals surface area contributed by atoms with Gasteiger partial charge in [0.15, 0.2) is 0 Å². The van der Waals surface area contributed by atoms with Gasteiger partial charge in [-0.1, -0.05) is 84.4 Å². The molecule has 218 valence electrons. The van der Waals surface area contributed by atoms with Crippen molar-refractivity contribution in [1.82, 2.24) is 10.2 Å². The number of hydrogen-bond donors (Lipinski definition) is 1. The average molecular weight is 604 g/mol. The first-order valence-corrected chi connectivity index (χ1v) is 15.4. The van der Waals surface area contributed by atoms with Crippen LogP contribution in [0.2, 0.25) is 5.02 Å². The first-order valence-electron chi connectivity index (χ1n) is 13.5. The standard InChI is InChI=1S/C33H34ClN3O4S/c1-24-18-25(2)20-28(19-24)37(42(40,41)29-15-8-5-9-16-29)23-32(38)36(22-27-14-10-11-17-30(27)34)31(33(39)35-3)21-26-12-6-4-7-13-26/h4-20,31H,21-23H2,1-3H3,(H,35,39)/t31-/m0/s1. The molecule has 0 unspecified atom stereocenters. The normalized spacial score (nSPS) is 11.9. The summed E-state index contributed by atoms with van der Waals surface area (Å²) in [6.07, 6.45) is 0.228. The Morgan fingerprint density at radius 2 is 1.40 bits per heavy atom. The molecule has 7 nitrogen and oxygen atoms in total. The lowest BCUT2D eigenvalue weighted by molar-refractivity contribution is -0.139. The zero-order valence-corrected chi connectivity index (χ0v) is 25.4. The number of carbonyl (C=O) groups is 2.